The summed E-state index contributed by atoms with van der Waals surface area (Å²) in [5.41, 5.74) is 0.576. The van der Waals surface area contributed by atoms with Crippen molar-refractivity contribution in [2.24, 2.45) is 17.8 Å². The van der Waals surface area contributed by atoms with E-state index >= 15 is 0 Å². The zero-order valence-corrected chi connectivity index (χ0v) is 16.3. The number of rotatable bonds is 5. The first-order valence-corrected chi connectivity index (χ1v) is 11.5. The number of halogens is 1. The first-order chi connectivity index (χ1) is 12.9. The standard InChI is InChI=1S/C20H27FN2O3S/c21-18-5-2-14(3-6-18)13-27(25,26)23-9-7-16(8-10-23)20(24)22-19-12-15-1-4-17(19)11-15/h2-3,5-6,15-17,19H,1,4,7-13H2,(H,22,24)/t15-,17-,19-/m0/s1. The zero-order valence-electron chi connectivity index (χ0n) is 15.4. The Bertz CT molecular complexity index is 788. The average Bonchev–Trinajstić information content (AvgIpc) is 3.27. The van der Waals surface area contributed by atoms with Crippen LogP contribution in [0.4, 0.5) is 4.39 Å². The lowest BCUT2D eigenvalue weighted by molar-refractivity contribution is -0.127. The summed E-state index contributed by atoms with van der Waals surface area (Å²) in [7, 11) is -3.45. The summed E-state index contributed by atoms with van der Waals surface area (Å²) in [4.78, 5) is 12.6. The number of nitrogens with zero attached hydrogens (tertiary/aromatic N) is 1. The van der Waals surface area contributed by atoms with Crippen LogP contribution in [0.25, 0.3) is 0 Å². The lowest BCUT2D eigenvalue weighted by Crippen LogP contribution is -2.46. The highest BCUT2D eigenvalue weighted by Crippen LogP contribution is 2.44. The van der Waals surface area contributed by atoms with Crippen molar-refractivity contribution in [2.45, 2.75) is 50.3 Å². The maximum absolute atomic E-state index is 13.0. The van der Waals surface area contributed by atoms with Crippen LogP contribution >= 0.6 is 0 Å². The van der Waals surface area contributed by atoms with Gasteiger partial charge in [-0.25, -0.2) is 17.1 Å². The number of benzene rings is 1. The van der Waals surface area contributed by atoms with Crippen LogP contribution in [0.15, 0.2) is 24.3 Å². The number of carbonyl (C=O) groups excluding carboxylic acids is 1. The molecule has 1 amide bonds. The van der Waals surface area contributed by atoms with Crippen LogP contribution in [-0.4, -0.2) is 37.8 Å². The van der Waals surface area contributed by atoms with E-state index in [4.69, 9.17) is 0 Å². The van der Waals surface area contributed by atoms with E-state index in [1.54, 1.807) is 0 Å². The molecule has 1 aromatic rings. The molecular weight excluding hydrogens is 367 g/mol. The number of carbonyl (C=O) groups is 1. The third-order valence-corrected chi connectivity index (χ3v) is 8.40. The van der Waals surface area contributed by atoms with Gasteiger partial charge in [0.15, 0.2) is 0 Å². The van der Waals surface area contributed by atoms with E-state index in [9.17, 15) is 17.6 Å². The quantitative estimate of drug-likeness (QED) is 0.835. The van der Waals surface area contributed by atoms with Gasteiger partial charge in [0.2, 0.25) is 15.9 Å². The number of fused-ring (bicyclic) bond motifs is 2. The largest absolute Gasteiger partial charge is 0.353 e. The van der Waals surface area contributed by atoms with Crippen LogP contribution in [0.5, 0.6) is 0 Å². The van der Waals surface area contributed by atoms with Crippen LogP contribution in [0.3, 0.4) is 0 Å². The van der Waals surface area contributed by atoms with E-state index in [0.29, 0.717) is 43.5 Å². The molecular formula is C20H27FN2O3S. The topological polar surface area (TPSA) is 66.5 Å². The van der Waals surface area contributed by atoms with Gasteiger partial charge in [-0.2, -0.15) is 0 Å². The predicted octanol–water partition coefficient (Wildman–Crippen LogP) is 2.67. The van der Waals surface area contributed by atoms with Crippen molar-refractivity contribution >= 4 is 15.9 Å². The number of amides is 1. The molecule has 4 rings (SSSR count). The molecule has 0 spiro atoms. The van der Waals surface area contributed by atoms with E-state index < -0.39 is 10.0 Å². The van der Waals surface area contributed by atoms with Crippen LogP contribution in [0.2, 0.25) is 0 Å². The number of hydrogen-bond donors (Lipinski definition) is 1. The van der Waals surface area contributed by atoms with Gasteiger partial charge in [-0.05, 0) is 61.6 Å². The number of nitrogens with one attached hydrogen (secondary N) is 1. The van der Waals surface area contributed by atoms with Crippen LogP contribution < -0.4 is 5.32 Å². The van der Waals surface area contributed by atoms with Gasteiger partial charge in [0, 0.05) is 25.0 Å². The third kappa shape index (κ3) is 4.19. The second-order valence-corrected chi connectivity index (χ2v) is 10.3. The molecule has 1 aromatic carbocycles. The molecule has 3 atom stereocenters. The molecule has 1 aliphatic heterocycles. The van der Waals surface area contributed by atoms with Gasteiger partial charge in [0.05, 0.1) is 5.75 Å². The zero-order chi connectivity index (χ0) is 19.0. The molecule has 0 aromatic heterocycles. The summed E-state index contributed by atoms with van der Waals surface area (Å²) < 4.78 is 39.7. The monoisotopic (exact) mass is 394 g/mol. The van der Waals surface area contributed by atoms with Crippen molar-refractivity contribution < 1.29 is 17.6 Å². The summed E-state index contributed by atoms with van der Waals surface area (Å²) >= 11 is 0. The predicted molar refractivity (Wildman–Crippen MR) is 101 cm³/mol. The van der Waals surface area contributed by atoms with Crippen LogP contribution in [-0.2, 0) is 20.6 Å². The Balaban J connectivity index is 1.29. The molecule has 5 nitrogen and oxygen atoms in total. The Kier molecular flexibility index (Phi) is 5.25. The molecule has 0 unspecified atom stereocenters. The van der Waals surface area contributed by atoms with E-state index in [1.165, 1.54) is 47.8 Å². The van der Waals surface area contributed by atoms with E-state index in [1.807, 2.05) is 0 Å². The van der Waals surface area contributed by atoms with Gasteiger partial charge in [0.25, 0.3) is 0 Å². The normalized spacial score (nSPS) is 29.1. The summed E-state index contributed by atoms with van der Waals surface area (Å²) in [6.07, 6.45) is 6.04. The second-order valence-electron chi connectivity index (χ2n) is 8.35. The maximum Gasteiger partial charge on any atom is 0.223 e. The molecule has 2 bridgehead atoms. The molecule has 1 N–H and O–H groups in total. The number of piperidine rings is 1. The fourth-order valence-electron chi connectivity index (χ4n) is 5.00. The first-order valence-electron chi connectivity index (χ1n) is 9.93. The molecule has 3 aliphatic rings. The Morgan fingerprint density at radius 2 is 1.78 bits per heavy atom. The lowest BCUT2D eigenvalue weighted by Gasteiger charge is -2.32. The molecule has 7 heteroatoms. The molecule has 27 heavy (non-hydrogen) atoms. The number of hydrogen-bond acceptors (Lipinski definition) is 3. The fourth-order valence-corrected chi connectivity index (χ4v) is 6.56. The maximum atomic E-state index is 13.0. The van der Waals surface area contributed by atoms with Gasteiger partial charge in [0.1, 0.15) is 5.82 Å². The van der Waals surface area contributed by atoms with Gasteiger partial charge in [-0.15, -0.1) is 0 Å². The molecule has 1 heterocycles. The summed E-state index contributed by atoms with van der Waals surface area (Å²) in [6, 6.07) is 5.88. The summed E-state index contributed by atoms with van der Waals surface area (Å²) in [5, 5.41) is 3.24. The van der Waals surface area contributed by atoms with Crippen LogP contribution in [0.1, 0.15) is 44.1 Å². The van der Waals surface area contributed by atoms with Crippen LogP contribution in [0, 0.1) is 23.6 Å². The van der Waals surface area contributed by atoms with Crippen molar-refractivity contribution in [3.63, 3.8) is 0 Å². The molecule has 148 valence electrons. The van der Waals surface area contributed by atoms with Gasteiger partial charge >= 0.3 is 0 Å². The Hall–Kier alpha value is -1.47. The molecule has 3 fully saturated rings. The van der Waals surface area contributed by atoms with E-state index in [0.717, 1.165) is 12.3 Å². The summed E-state index contributed by atoms with van der Waals surface area (Å²) in [5.74, 6) is 0.937. The summed E-state index contributed by atoms with van der Waals surface area (Å²) in [6.45, 7) is 0.747. The average molecular weight is 395 g/mol. The highest BCUT2D eigenvalue weighted by atomic mass is 32.2. The van der Waals surface area contributed by atoms with Crippen molar-refractivity contribution in [3.8, 4) is 0 Å². The number of sulfonamides is 1. The Labute approximate surface area is 160 Å². The van der Waals surface area contributed by atoms with Crippen molar-refractivity contribution in [3.05, 3.63) is 35.6 Å². The van der Waals surface area contributed by atoms with Gasteiger partial charge in [-0.3, -0.25) is 4.79 Å². The SMILES string of the molecule is O=C(N[C@H]1C[C@H]2CC[C@H]1C2)C1CCN(S(=O)(=O)Cc2ccc(F)cc2)CC1. The van der Waals surface area contributed by atoms with E-state index in [-0.39, 0.29) is 23.4 Å². The van der Waals surface area contributed by atoms with Gasteiger partial charge < -0.3 is 5.32 Å². The second kappa shape index (κ2) is 7.51. The minimum atomic E-state index is -3.45. The Morgan fingerprint density at radius 3 is 2.37 bits per heavy atom. The Morgan fingerprint density at radius 1 is 1.07 bits per heavy atom. The first kappa shape index (κ1) is 18.9. The third-order valence-electron chi connectivity index (χ3n) is 6.55. The molecule has 2 saturated carbocycles. The van der Waals surface area contributed by atoms with Crippen molar-refractivity contribution in [1.29, 1.82) is 0 Å². The minimum absolute atomic E-state index is 0.0959. The highest BCUT2D eigenvalue weighted by molar-refractivity contribution is 7.88. The molecule has 0 radical (unpaired) electrons. The minimum Gasteiger partial charge on any atom is -0.353 e. The van der Waals surface area contributed by atoms with Crippen molar-refractivity contribution in [1.82, 2.24) is 9.62 Å². The van der Waals surface area contributed by atoms with Crippen molar-refractivity contribution in [2.75, 3.05) is 13.1 Å². The fraction of sp³-hybridized carbons (Fsp3) is 0.650. The van der Waals surface area contributed by atoms with E-state index in [2.05, 4.69) is 5.32 Å². The lowest BCUT2D eigenvalue weighted by atomic mass is 9.93. The van der Waals surface area contributed by atoms with Gasteiger partial charge in [-0.1, -0.05) is 18.6 Å². The highest BCUT2D eigenvalue weighted by Gasteiger charge is 2.41. The smallest absolute Gasteiger partial charge is 0.223 e. The molecule has 2 aliphatic carbocycles. The molecule has 1 saturated heterocycles.